The number of aryl methyl sites for hydroxylation is 1. The van der Waals surface area contributed by atoms with Gasteiger partial charge in [0.05, 0.1) is 5.52 Å². The van der Waals surface area contributed by atoms with Gasteiger partial charge in [0.15, 0.2) is 5.43 Å². The number of rotatable bonds is 2. The zero-order valence-corrected chi connectivity index (χ0v) is 9.11. The van der Waals surface area contributed by atoms with E-state index in [-0.39, 0.29) is 23.1 Å². The van der Waals surface area contributed by atoms with Crippen LogP contribution in [0.4, 0.5) is 4.39 Å². The monoisotopic (exact) mass is 235 g/mol. The Morgan fingerprint density at radius 1 is 1.47 bits per heavy atom. The Kier molecular flexibility index (Phi) is 2.67. The van der Waals surface area contributed by atoms with Gasteiger partial charge in [-0.1, -0.05) is 6.07 Å². The lowest BCUT2D eigenvalue weighted by atomic mass is 10.1. The van der Waals surface area contributed by atoms with Crippen LogP contribution < -0.4 is 5.43 Å². The van der Waals surface area contributed by atoms with Gasteiger partial charge < -0.3 is 9.67 Å². The van der Waals surface area contributed by atoms with Crippen molar-refractivity contribution in [2.75, 3.05) is 0 Å². The molecule has 0 spiro atoms. The second-order valence-corrected chi connectivity index (χ2v) is 3.58. The van der Waals surface area contributed by atoms with Crippen LogP contribution in [0.5, 0.6) is 0 Å². The molecule has 0 saturated carbocycles. The molecule has 1 N–H and O–H groups in total. The predicted molar refractivity (Wildman–Crippen MR) is 60.8 cm³/mol. The average molecular weight is 235 g/mol. The Bertz CT molecular complexity index is 661. The summed E-state index contributed by atoms with van der Waals surface area (Å²) in [5.41, 5.74) is -0.642. The van der Waals surface area contributed by atoms with Crippen LogP contribution in [0, 0.1) is 5.82 Å². The molecule has 0 atom stereocenters. The van der Waals surface area contributed by atoms with Gasteiger partial charge in [0.25, 0.3) is 0 Å². The number of fused-ring (bicyclic) bond motifs is 1. The highest BCUT2D eigenvalue weighted by atomic mass is 19.1. The Balaban J connectivity index is 3.04. The first kappa shape index (κ1) is 11.3. The summed E-state index contributed by atoms with van der Waals surface area (Å²) in [6.45, 7) is 1.97. The maximum Gasteiger partial charge on any atom is 0.352 e. The van der Waals surface area contributed by atoms with E-state index >= 15 is 0 Å². The van der Waals surface area contributed by atoms with E-state index in [4.69, 9.17) is 5.11 Å². The minimum atomic E-state index is -1.24. The third-order valence-electron chi connectivity index (χ3n) is 2.62. The van der Waals surface area contributed by atoms with Crippen LogP contribution in [-0.2, 0) is 6.54 Å². The first-order valence-electron chi connectivity index (χ1n) is 5.11. The topological polar surface area (TPSA) is 59.3 Å². The molecular weight excluding hydrogens is 225 g/mol. The van der Waals surface area contributed by atoms with Crippen LogP contribution >= 0.6 is 0 Å². The number of aromatic carboxylic acids is 1. The minimum absolute atomic E-state index is 0.0416. The van der Waals surface area contributed by atoms with Crippen LogP contribution in [0.1, 0.15) is 17.4 Å². The van der Waals surface area contributed by atoms with E-state index in [0.29, 0.717) is 0 Å². The Morgan fingerprint density at radius 2 is 2.18 bits per heavy atom. The molecule has 4 nitrogen and oxygen atoms in total. The first-order valence-corrected chi connectivity index (χ1v) is 5.11. The van der Waals surface area contributed by atoms with Gasteiger partial charge in [0.2, 0.25) is 0 Å². The molecule has 0 aliphatic carbocycles. The van der Waals surface area contributed by atoms with E-state index in [1.165, 1.54) is 22.8 Å². The van der Waals surface area contributed by atoms with Gasteiger partial charge in [0, 0.05) is 18.0 Å². The maximum absolute atomic E-state index is 13.7. The van der Waals surface area contributed by atoms with Crippen molar-refractivity contribution >= 4 is 16.9 Å². The number of hydrogen-bond donors (Lipinski definition) is 1. The van der Waals surface area contributed by atoms with E-state index in [2.05, 4.69) is 0 Å². The SMILES string of the molecule is CCn1c(C(=O)O)cc(=O)c2cccc(F)c21. The summed E-state index contributed by atoms with van der Waals surface area (Å²) in [6.07, 6.45) is 0. The second-order valence-electron chi connectivity index (χ2n) is 3.58. The summed E-state index contributed by atoms with van der Waals surface area (Å²) in [7, 11) is 0. The lowest BCUT2D eigenvalue weighted by Crippen LogP contribution is -2.18. The van der Waals surface area contributed by atoms with Crippen LogP contribution in [0.25, 0.3) is 10.9 Å². The molecule has 2 rings (SSSR count). The number of carboxylic acid groups (broad SMARTS) is 1. The zero-order valence-electron chi connectivity index (χ0n) is 9.11. The van der Waals surface area contributed by atoms with Crippen molar-refractivity contribution < 1.29 is 14.3 Å². The molecule has 1 aromatic heterocycles. The summed E-state index contributed by atoms with van der Waals surface area (Å²) in [4.78, 5) is 22.7. The fourth-order valence-electron chi connectivity index (χ4n) is 1.89. The van der Waals surface area contributed by atoms with Gasteiger partial charge in [-0.05, 0) is 19.1 Å². The molecule has 1 heterocycles. The van der Waals surface area contributed by atoms with Crippen LogP contribution in [0.3, 0.4) is 0 Å². The van der Waals surface area contributed by atoms with Crippen molar-refractivity contribution in [3.63, 3.8) is 0 Å². The number of carbonyl (C=O) groups is 1. The zero-order chi connectivity index (χ0) is 12.6. The van der Waals surface area contributed by atoms with Gasteiger partial charge in [0.1, 0.15) is 11.5 Å². The van der Waals surface area contributed by atoms with Gasteiger partial charge in [-0.3, -0.25) is 4.79 Å². The molecule has 1 aromatic carbocycles. The Morgan fingerprint density at radius 3 is 2.76 bits per heavy atom. The summed E-state index contributed by atoms with van der Waals surface area (Å²) < 4.78 is 15.0. The molecule has 0 radical (unpaired) electrons. The molecule has 0 fully saturated rings. The Hall–Kier alpha value is -2.17. The molecule has 0 amide bonds. The third-order valence-corrected chi connectivity index (χ3v) is 2.62. The molecule has 88 valence electrons. The van der Waals surface area contributed by atoms with Gasteiger partial charge >= 0.3 is 5.97 Å². The van der Waals surface area contributed by atoms with Crippen molar-refractivity contribution in [1.29, 1.82) is 0 Å². The fraction of sp³-hybridized carbons (Fsp3) is 0.167. The molecule has 0 saturated heterocycles. The normalized spacial score (nSPS) is 10.7. The quantitative estimate of drug-likeness (QED) is 0.864. The minimum Gasteiger partial charge on any atom is -0.477 e. The highest BCUT2D eigenvalue weighted by Crippen LogP contribution is 2.16. The molecule has 2 aromatic rings. The summed E-state index contributed by atoms with van der Waals surface area (Å²) in [5, 5.41) is 9.18. The van der Waals surface area contributed by atoms with Gasteiger partial charge in [-0.15, -0.1) is 0 Å². The Labute approximate surface area is 95.9 Å². The fourth-order valence-corrected chi connectivity index (χ4v) is 1.89. The number of nitrogens with zero attached hydrogens (tertiary/aromatic N) is 1. The maximum atomic E-state index is 13.7. The molecule has 0 unspecified atom stereocenters. The first-order chi connectivity index (χ1) is 8.06. The van der Waals surface area contributed by atoms with E-state index < -0.39 is 17.2 Å². The standard InChI is InChI=1S/C12H10FNO3/c1-2-14-9(12(16)17)6-10(15)7-4-3-5-8(13)11(7)14/h3-6H,2H2,1H3,(H,16,17). The molecule has 5 heteroatoms. The summed E-state index contributed by atoms with van der Waals surface area (Å²) in [5.74, 6) is -1.83. The van der Waals surface area contributed by atoms with Crippen molar-refractivity contribution in [2.45, 2.75) is 13.5 Å². The number of para-hydroxylation sites is 1. The van der Waals surface area contributed by atoms with E-state index in [9.17, 15) is 14.0 Å². The molecule has 0 bridgehead atoms. The lowest BCUT2D eigenvalue weighted by molar-refractivity contribution is 0.0685. The highest BCUT2D eigenvalue weighted by Gasteiger charge is 2.15. The summed E-state index contributed by atoms with van der Waals surface area (Å²) in [6, 6.07) is 5.14. The van der Waals surface area contributed by atoms with Gasteiger partial charge in [-0.2, -0.15) is 0 Å². The molecule has 17 heavy (non-hydrogen) atoms. The molecule has 0 aliphatic heterocycles. The number of hydrogen-bond acceptors (Lipinski definition) is 2. The number of carboxylic acids is 1. The van der Waals surface area contributed by atoms with E-state index in [1.807, 2.05) is 0 Å². The predicted octanol–water partition coefficient (Wildman–Crippen LogP) is 1.86. The number of benzene rings is 1. The second kappa shape index (κ2) is 4.01. The largest absolute Gasteiger partial charge is 0.477 e. The number of aromatic nitrogens is 1. The average Bonchev–Trinajstić information content (AvgIpc) is 2.29. The van der Waals surface area contributed by atoms with Crippen LogP contribution in [0.15, 0.2) is 29.1 Å². The van der Waals surface area contributed by atoms with Crippen molar-refractivity contribution in [3.05, 3.63) is 46.0 Å². The summed E-state index contributed by atoms with van der Waals surface area (Å²) >= 11 is 0. The molecule has 0 aliphatic rings. The van der Waals surface area contributed by atoms with Crippen molar-refractivity contribution in [2.24, 2.45) is 0 Å². The van der Waals surface area contributed by atoms with Crippen molar-refractivity contribution in [1.82, 2.24) is 4.57 Å². The van der Waals surface area contributed by atoms with Gasteiger partial charge in [-0.25, -0.2) is 9.18 Å². The third kappa shape index (κ3) is 1.69. The number of halogens is 1. The lowest BCUT2D eigenvalue weighted by Gasteiger charge is -2.12. The smallest absolute Gasteiger partial charge is 0.352 e. The van der Waals surface area contributed by atoms with Crippen LogP contribution in [-0.4, -0.2) is 15.6 Å². The van der Waals surface area contributed by atoms with Crippen LogP contribution in [0.2, 0.25) is 0 Å². The van der Waals surface area contributed by atoms with Crippen molar-refractivity contribution in [3.8, 4) is 0 Å². The highest BCUT2D eigenvalue weighted by molar-refractivity contribution is 5.90. The number of pyridine rings is 1. The van der Waals surface area contributed by atoms with E-state index in [0.717, 1.165) is 6.07 Å². The van der Waals surface area contributed by atoms with E-state index in [1.54, 1.807) is 6.92 Å². The molecular formula is C12H10FNO3.